The summed E-state index contributed by atoms with van der Waals surface area (Å²) in [6.45, 7) is 15.3. The second kappa shape index (κ2) is 7.41. The predicted molar refractivity (Wildman–Crippen MR) is 119 cm³/mol. The summed E-state index contributed by atoms with van der Waals surface area (Å²) in [5.74, 6) is -1.09. The Morgan fingerprint density at radius 1 is 1.22 bits per heavy atom. The molecule has 6 heteroatoms. The number of carbonyl (C=O) groups excluding carboxylic acids is 3. The lowest BCUT2D eigenvalue weighted by Gasteiger charge is -2.35. The van der Waals surface area contributed by atoms with E-state index in [9.17, 15) is 14.4 Å². The molecule has 0 radical (unpaired) electrons. The molecule has 1 aliphatic heterocycles. The maximum atomic E-state index is 14.0. The molecular weight excluding hydrogens is 408 g/mol. The van der Waals surface area contributed by atoms with Gasteiger partial charge >= 0.3 is 11.9 Å². The van der Waals surface area contributed by atoms with Gasteiger partial charge in [0.2, 0.25) is 5.78 Å². The van der Waals surface area contributed by atoms with E-state index < -0.39 is 29.2 Å². The van der Waals surface area contributed by atoms with E-state index in [4.69, 9.17) is 14.2 Å². The zero-order valence-electron chi connectivity index (χ0n) is 20.7. The average Bonchev–Trinajstić information content (AvgIpc) is 3.44. The summed E-state index contributed by atoms with van der Waals surface area (Å²) >= 11 is 0. The molecule has 4 aliphatic rings. The van der Waals surface area contributed by atoms with Crippen LogP contribution in [-0.4, -0.2) is 41.1 Å². The molecule has 6 nitrogen and oxygen atoms in total. The van der Waals surface area contributed by atoms with E-state index in [1.807, 2.05) is 13.8 Å². The molecule has 8 atom stereocenters. The molecule has 178 valence electrons. The monoisotopic (exact) mass is 446 g/mol. The number of esters is 2. The quantitative estimate of drug-likeness (QED) is 0.476. The molecule has 32 heavy (non-hydrogen) atoms. The fraction of sp³-hybridized carbons (Fsp3) is 0.808. The van der Waals surface area contributed by atoms with Gasteiger partial charge in [0, 0.05) is 13.3 Å². The van der Waals surface area contributed by atoms with Crippen LogP contribution in [0.4, 0.5) is 0 Å². The number of ether oxygens (including phenoxy) is 3. The van der Waals surface area contributed by atoms with Crippen molar-refractivity contribution in [3.63, 3.8) is 0 Å². The minimum absolute atomic E-state index is 0.139. The van der Waals surface area contributed by atoms with Gasteiger partial charge in [-0.25, -0.2) is 0 Å². The fourth-order valence-electron chi connectivity index (χ4n) is 6.58. The average molecular weight is 447 g/mol. The van der Waals surface area contributed by atoms with Gasteiger partial charge in [0.1, 0.15) is 6.10 Å². The zero-order valence-corrected chi connectivity index (χ0v) is 20.7. The van der Waals surface area contributed by atoms with Crippen LogP contribution in [0.5, 0.6) is 0 Å². The van der Waals surface area contributed by atoms with Crippen LogP contribution in [0.25, 0.3) is 0 Å². The van der Waals surface area contributed by atoms with Crippen molar-refractivity contribution in [2.75, 3.05) is 0 Å². The van der Waals surface area contributed by atoms with Gasteiger partial charge in [0.25, 0.3) is 0 Å². The van der Waals surface area contributed by atoms with Crippen LogP contribution in [-0.2, 0) is 28.6 Å². The largest absolute Gasteiger partial charge is 0.461 e. The number of Topliss-reactive ketones (excluding diaryl/α,β-unsaturated/α-hetero) is 1. The van der Waals surface area contributed by atoms with Crippen LogP contribution < -0.4 is 0 Å². The number of rotatable bonds is 3. The molecule has 0 aromatic heterocycles. The van der Waals surface area contributed by atoms with Crippen LogP contribution in [0, 0.1) is 35.0 Å². The summed E-state index contributed by atoms with van der Waals surface area (Å²) in [6.07, 6.45) is 3.46. The van der Waals surface area contributed by atoms with Crippen LogP contribution in [0.15, 0.2) is 11.6 Å². The van der Waals surface area contributed by atoms with Crippen molar-refractivity contribution in [2.24, 2.45) is 35.0 Å². The van der Waals surface area contributed by atoms with Crippen LogP contribution in [0.2, 0.25) is 0 Å². The lowest BCUT2D eigenvalue weighted by atomic mass is 9.77. The van der Waals surface area contributed by atoms with Gasteiger partial charge in [0.05, 0.1) is 23.5 Å². The predicted octanol–water partition coefficient (Wildman–Crippen LogP) is 4.25. The highest BCUT2D eigenvalue weighted by molar-refractivity contribution is 6.03. The number of ketones is 1. The Hall–Kier alpha value is -1.69. The molecule has 0 bridgehead atoms. The molecule has 0 aromatic rings. The zero-order chi connectivity index (χ0) is 23.8. The Labute approximate surface area is 191 Å². The lowest BCUT2D eigenvalue weighted by Crippen LogP contribution is -2.52. The van der Waals surface area contributed by atoms with Crippen molar-refractivity contribution in [1.29, 1.82) is 0 Å². The van der Waals surface area contributed by atoms with Gasteiger partial charge in [-0.2, -0.15) is 0 Å². The third kappa shape index (κ3) is 3.53. The van der Waals surface area contributed by atoms with E-state index in [0.29, 0.717) is 23.8 Å². The molecule has 0 unspecified atom stereocenters. The van der Waals surface area contributed by atoms with Crippen molar-refractivity contribution in [3.05, 3.63) is 11.6 Å². The van der Waals surface area contributed by atoms with Crippen molar-refractivity contribution in [2.45, 2.75) is 98.1 Å². The molecule has 1 saturated heterocycles. The van der Waals surface area contributed by atoms with E-state index in [0.717, 1.165) is 12.8 Å². The normalized spacial score (nSPS) is 46.0. The number of fused-ring (bicyclic) bond motifs is 4. The van der Waals surface area contributed by atoms with Gasteiger partial charge in [-0.15, -0.1) is 0 Å². The SMILES string of the molecule is CC(=O)O[C@]12C[C@H](C)[C@H](OC(=O)C(C)C)[C@@H]1[C@@H]1O[C@@]1(C)CC[C@H]1[C@@H](/C=C(\C)C2=O)C1(C)C. The topological polar surface area (TPSA) is 82.2 Å². The summed E-state index contributed by atoms with van der Waals surface area (Å²) in [7, 11) is 0. The van der Waals surface area contributed by atoms with Crippen LogP contribution >= 0.6 is 0 Å². The summed E-state index contributed by atoms with van der Waals surface area (Å²) in [4.78, 5) is 38.9. The number of hydrogen-bond donors (Lipinski definition) is 0. The Morgan fingerprint density at radius 3 is 2.47 bits per heavy atom. The molecule has 4 rings (SSSR count). The van der Waals surface area contributed by atoms with E-state index in [1.54, 1.807) is 13.8 Å². The van der Waals surface area contributed by atoms with Crippen molar-refractivity contribution in [1.82, 2.24) is 0 Å². The summed E-state index contributed by atoms with van der Waals surface area (Å²) < 4.78 is 18.2. The smallest absolute Gasteiger partial charge is 0.308 e. The van der Waals surface area contributed by atoms with Crippen molar-refractivity contribution in [3.8, 4) is 0 Å². The first-order valence-electron chi connectivity index (χ1n) is 12.1. The molecule has 0 aromatic carbocycles. The summed E-state index contributed by atoms with van der Waals surface area (Å²) in [5.41, 5.74) is -1.02. The van der Waals surface area contributed by atoms with Crippen LogP contribution in [0.3, 0.4) is 0 Å². The van der Waals surface area contributed by atoms with Crippen molar-refractivity contribution >= 4 is 17.7 Å². The maximum absolute atomic E-state index is 14.0. The van der Waals surface area contributed by atoms with Gasteiger partial charge in [-0.05, 0) is 55.4 Å². The van der Waals surface area contributed by atoms with E-state index in [2.05, 4.69) is 26.8 Å². The molecule has 2 saturated carbocycles. The molecule has 0 spiro atoms. The van der Waals surface area contributed by atoms with Gasteiger partial charge in [-0.3, -0.25) is 14.4 Å². The molecule has 0 amide bonds. The highest BCUT2D eigenvalue weighted by Crippen LogP contribution is 2.64. The van der Waals surface area contributed by atoms with Crippen molar-refractivity contribution < 1.29 is 28.6 Å². The Bertz CT molecular complexity index is 872. The highest BCUT2D eigenvalue weighted by Gasteiger charge is 2.72. The Kier molecular flexibility index (Phi) is 5.43. The lowest BCUT2D eigenvalue weighted by molar-refractivity contribution is -0.175. The first-order chi connectivity index (χ1) is 14.7. The summed E-state index contributed by atoms with van der Waals surface area (Å²) in [6, 6.07) is 0. The van der Waals surface area contributed by atoms with E-state index >= 15 is 0 Å². The van der Waals surface area contributed by atoms with Gasteiger partial charge < -0.3 is 14.2 Å². The first-order valence-corrected chi connectivity index (χ1v) is 12.1. The van der Waals surface area contributed by atoms with Gasteiger partial charge in [0.15, 0.2) is 5.60 Å². The number of carbonyl (C=O) groups is 3. The van der Waals surface area contributed by atoms with E-state index in [1.165, 1.54) is 6.92 Å². The second-order valence-electron chi connectivity index (χ2n) is 11.8. The first kappa shape index (κ1) is 23.5. The molecule has 0 N–H and O–H groups in total. The summed E-state index contributed by atoms with van der Waals surface area (Å²) in [5, 5.41) is 0. The molecule has 3 aliphatic carbocycles. The number of epoxide rings is 1. The molecular formula is C26H38O6. The Morgan fingerprint density at radius 2 is 1.88 bits per heavy atom. The Balaban J connectivity index is 1.81. The highest BCUT2D eigenvalue weighted by atomic mass is 16.6. The number of allylic oxidation sites excluding steroid dienone is 1. The third-order valence-electron chi connectivity index (χ3n) is 8.66. The molecule has 1 heterocycles. The minimum atomic E-state index is -1.38. The van der Waals surface area contributed by atoms with Crippen LogP contribution in [0.1, 0.15) is 74.7 Å². The maximum Gasteiger partial charge on any atom is 0.308 e. The van der Waals surface area contributed by atoms with Gasteiger partial charge in [-0.1, -0.05) is 40.7 Å². The minimum Gasteiger partial charge on any atom is -0.461 e. The standard InChI is InChI=1S/C26H38O6/c1-13(2)23(29)30-20-15(4)12-26(31-16(5)27)19(20)22-25(8,32-22)10-9-17-18(24(17,6)7)11-14(3)21(26)28/h11,13,15,17-20,22H,9-10,12H2,1-8H3/b14-11+/t15-,17-,18+,19+,20-,22-,25-,26+/m0/s1. The third-order valence-corrected chi connectivity index (χ3v) is 8.66. The molecule has 3 fully saturated rings. The second-order valence-corrected chi connectivity index (χ2v) is 11.8. The fourth-order valence-corrected chi connectivity index (χ4v) is 6.58. The van der Waals surface area contributed by atoms with E-state index in [-0.39, 0.29) is 35.1 Å². The number of hydrogen-bond acceptors (Lipinski definition) is 6.